The Morgan fingerprint density at radius 3 is 2.54 bits per heavy atom. The van der Waals surface area contributed by atoms with Gasteiger partial charge in [0.1, 0.15) is 5.75 Å². The predicted octanol–water partition coefficient (Wildman–Crippen LogP) is 10.2. The Hall–Kier alpha value is -1.41. The Labute approximate surface area is 293 Å². The summed E-state index contributed by atoms with van der Waals surface area (Å²) in [5.41, 5.74) is 3.24. The molecule has 3 fully saturated rings. The van der Waals surface area contributed by atoms with Crippen LogP contribution in [0.25, 0.3) is 0 Å². The Morgan fingerprint density at radius 1 is 1.04 bits per heavy atom. The quantitative estimate of drug-likeness (QED) is 0.104. The van der Waals surface area contributed by atoms with E-state index in [4.69, 9.17) is 23.4 Å². The first-order chi connectivity index (χ1) is 22.9. The Balaban J connectivity index is 1.23. The molecule has 8 atom stereocenters. The SMILES string of the molecule is COC(=O)C(CCCCCCOC1CCCCO1)CC[C@@H]1C[C@H]2[C@@H]3CCc4cc(OC)ccc4[C@H]3CC[C@]2(C)[C@H]1O[Si](C)(C)C(C)(C)C. The van der Waals surface area contributed by atoms with Crippen LogP contribution in [0, 0.1) is 29.1 Å². The highest BCUT2D eigenvalue weighted by Crippen LogP contribution is 2.64. The van der Waals surface area contributed by atoms with Crippen molar-refractivity contribution in [2.45, 2.75) is 160 Å². The third-order valence-corrected chi connectivity index (χ3v) is 18.0. The summed E-state index contributed by atoms with van der Waals surface area (Å²) in [5.74, 6) is 3.39. The number of ether oxygens (including phenoxy) is 4. The smallest absolute Gasteiger partial charge is 0.308 e. The van der Waals surface area contributed by atoms with Crippen molar-refractivity contribution < 1.29 is 28.2 Å². The van der Waals surface area contributed by atoms with Crippen molar-refractivity contribution in [2.75, 3.05) is 27.4 Å². The van der Waals surface area contributed by atoms with Crippen molar-refractivity contribution in [2.24, 2.45) is 29.1 Å². The maximum absolute atomic E-state index is 13.1. The second kappa shape index (κ2) is 16.3. The van der Waals surface area contributed by atoms with E-state index in [2.05, 4.69) is 59.0 Å². The van der Waals surface area contributed by atoms with Crippen molar-refractivity contribution in [3.8, 4) is 5.75 Å². The highest BCUT2D eigenvalue weighted by molar-refractivity contribution is 6.74. The van der Waals surface area contributed by atoms with E-state index in [-0.39, 0.29) is 34.7 Å². The Morgan fingerprint density at radius 2 is 1.83 bits per heavy atom. The molecule has 1 aliphatic heterocycles. The van der Waals surface area contributed by atoms with E-state index < -0.39 is 8.32 Å². The topological polar surface area (TPSA) is 63.2 Å². The van der Waals surface area contributed by atoms with Crippen LogP contribution in [0.4, 0.5) is 0 Å². The predicted molar refractivity (Wildman–Crippen MR) is 196 cm³/mol. The third-order valence-electron chi connectivity index (χ3n) is 13.5. The van der Waals surface area contributed by atoms with Gasteiger partial charge in [0, 0.05) is 13.2 Å². The number of carbonyl (C=O) groups is 1. The van der Waals surface area contributed by atoms with E-state index in [1.807, 2.05) is 0 Å². The summed E-state index contributed by atoms with van der Waals surface area (Å²) >= 11 is 0. The number of methoxy groups -OCH3 is 2. The number of aryl methyl sites for hydroxylation is 1. The fraction of sp³-hybridized carbons (Fsp3) is 0.829. The molecule has 48 heavy (non-hydrogen) atoms. The van der Waals surface area contributed by atoms with Crippen molar-refractivity contribution >= 4 is 14.3 Å². The van der Waals surface area contributed by atoms with Gasteiger partial charge in [0.25, 0.3) is 0 Å². The lowest BCUT2D eigenvalue weighted by Gasteiger charge is -2.52. The lowest BCUT2D eigenvalue weighted by molar-refractivity contribution is -0.162. The molecule has 3 aliphatic carbocycles. The molecule has 1 heterocycles. The molecule has 0 radical (unpaired) electrons. The average molecular weight is 685 g/mol. The van der Waals surface area contributed by atoms with E-state index in [1.165, 1.54) is 37.7 Å². The maximum Gasteiger partial charge on any atom is 0.308 e. The molecule has 2 saturated carbocycles. The molecule has 0 N–H and O–H groups in total. The van der Waals surface area contributed by atoms with Gasteiger partial charge in [-0.1, -0.05) is 53.0 Å². The number of benzene rings is 1. The van der Waals surface area contributed by atoms with E-state index in [0.29, 0.717) is 23.7 Å². The third kappa shape index (κ3) is 8.54. The molecule has 1 saturated heterocycles. The van der Waals surface area contributed by atoms with Crippen molar-refractivity contribution in [3.05, 3.63) is 29.3 Å². The Kier molecular flexibility index (Phi) is 12.8. The second-order valence-corrected chi connectivity index (χ2v) is 22.2. The second-order valence-electron chi connectivity index (χ2n) is 17.5. The van der Waals surface area contributed by atoms with Gasteiger partial charge in [-0.15, -0.1) is 0 Å². The van der Waals surface area contributed by atoms with Gasteiger partial charge in [0.15, 0.2) is 14.6 Å². The van der Waals surface area contributed by atoms with E-state index >= 15 is 0 Å². The molecule has 272 valence electrons. The number of hydrogen-bond acceptors (Lipinski definition) is 6. The van der Waals surface area contributed by atoms with Gasteiger partial charge in [-0.25, -0.2) is 0 Å². The highest BCUT2D eigenvalue weighted by atomic mass is 28.4. The van der Waals surface area contributed by atoms with Gasteiger partial charge < -0.3 is 23.4 Å². The van der Waals surface area contributed by atoms with Crippen LogP contribution < -0.4 is 4.74 Å². The summed E-state index contributed by atoms with van der Waals surface area (Å²) in [5, 5.41) is 0.162. The molecule has 5 rings (SSSR count). The summed E-state index contributed by atoms with van der Waals surface area (Å²) in [6, 6.07) is 6.82. The summed E-state index contributed by atoms with van der Waals surface area (Å²) in [6.45, 7) is 16.2. The average Bonchev–Trinajstić information content (AvgIpc) is 3.35. The van der Waals surface area contributed by atoms with Crippen LogP contribution in [0.3, 0.4) is 0 Å². The van der Waals surface area contributed by atoms with Crippen molar-refractivity contribution in [3.63, 3.8) is 0 Å². The molecular weight excluding hydrogens is 617 g/mol. The zero-order valence-corrected chi connectivity index (χ0v) is 32.7. The van der Waals surface area contributed by atoms with Gasteiger partial charge >= 0.3 is 5.97 Å². The number of unbranched alkanes of at least 4 members (excludes halogenated alkanes) is 3. The standard InChI is InChI=1S/C41H68O6Si/c1-40(2,3)48(7,8)47-38-31(18-17-29(39(42)44-6)15-11-9-10-13-25-45-37-16-12-14-26-46-37)28-36-35-21-19-30-27-32(43-5)20-22-33(30)34(35)23-24-41(36,38)4/h20,22,27,29,31,34-38H,9-19,21,23-26,28H2,1-8H3/t29?,31-,34-,35-,36+,37?,38+,41+/m1/s1. The number of rotatable bonds is 15. The minimum Gasteiger partial charge on any atom is -0.497 e. The number of esters is 1. The summed E-state index contributed by atoms with van der Waals surface area (Å²) < 4.78 is 30.1. The fourth-order valence-electron chi connectivity index (χ4n) is 9.68. The lowest BCUT2D eigenvalue weighted by Crippen LogP contribution is -2.51. The maximum atomic E-state index is 13.1. The van der Waals surface area contributed by atoms with Crippen LogP contribution in [-0.2, 0) is 29.9 Å². The van der Waals surface area contributed by atoms with Gasteiger partial charge in [0.05, 0.1) is 26.2 Å². The summed E-state index contributed by atoms with van der Waals surface area (Å²) in [7, 11) is 1.33. The van der Waals surface area contributed by atoms with Crippen molar-refractivity contribution in [1.82, 2.24) is 0 Å². The van der Waals surface area contributed by atoms with Crippen LogP contribution in [0.1, 0.15) is 135 Å². The molecular formula is C41H68O6Si. The monoisotopic (exact) mass is 684 g/mol. The van der Waals surface area contributed by atoms with Crippen LogP contribution in [0.2, 0.25) is 18.1 Å². The van der Waals surface area contributed by atoms with Crippen LogP contribution >= 0.6 is 0 Å². The lowest BCUT2D eigenvalue weighted by atomic mass is 9.55. The molecule has 0 amide bonds. The van der Waals surface area contributed by atoms with Gasteiger partial charge in [-0.3, -0.25) is 4.79 Å². The van der Waals surface area contributed by atoms with E-state index in [1.54, 1.807) is 19.8 Å². The fourth-order valence-corrected chi connectivity index (χ4v) is 11.1. The van der Waals surface area contributed by atoms with E-state index in [0.717, 1.165) is 83.2 Å². The first-order valence-electron chi connectivity index (χ1n) is 19.5. The van der Waals surface area contributed by atoms with Crippen LogP contribution in [0.5, 0.6) is 5.75 Å². The van der Waals surface area contributed by atoms with Crippen molar-refractivity contribution in [1.29, 1.82) is 0 Å². The molecule has 2 unspecified atom stereocenters. The van der Waals surface area contributed by atoms with Crippen LogP contribution in [0.15, 0.2) is 18.2 Å². The summed E-state index contributed by atoms with van der Waals surface area (Å²) in [6.07, 6.45) is 16.9. The minimum absolute atomic E-state index is 0.00232. The largest absolute Gasteiger partial charge is 0.497 e. The zero-order valence-electron chi connectivity index (χ0n) is 31.7. The Bertz CT molecular complexity index is 1190. The zero-order chi connectivity index (χ0) is 34.5. The molecule has 1 aromatic carbocycles. The highest BCUT2D eigenvalue weighted by Gasteiger charge is 2.60. The number of carbonyl (C=O) groups excluding carboxylic acids is 1. The number of fused-ring (bicyclic) bond motifs is 5. The molecule has 7 heteroatoms. The van der Waals surface area contributed by atoms with Gasteiger partial charge in [0.2, 0.25) is 0 Å². The molecule has 6 nitrogen and oxygen atoms in total. The molecule has 4 aliphatic rings. The van der Waals surface area contributed by atoms with E-state index in [9.17, 15) is 4.79 Å². The minimum atomic E-state index is -2.00. The number of hydrogen-bond donors (Lipinski definition) is 0. The molecule has 0 aromatic heterocycles. The molecule has 1 aromatic rings. The van der Waals surface area contributed by atoms with Crippen LogP contribution in [-0.4, -0.2) is 54.1 Å². The molecule has 0 bridgehead atoms. The first kappa shape index (κ1) is 37.8. The van der Waals surface area contributed by atoms with Gasteiger partial charge in [-0.2, -0.15) is 0 Å². The molecule has 0 spiro atoms. The van der Waals surface area contributed by atoms with Gasteiger partial charge in [-0.05, 0) is 148 Å². The first-order valence-corrected chi connectivity index (χ1v) is 22.4. The summed E-state index contributed by atoms with van der Waals surface area (Å²) in [4.78, 5) is 13.1. The normalized spacial score (nSPS) is 31.0.